The van der Waals surface area contributed by atoms with Crippen LogP contribution < -0.4 is 11.1 Å². The molecule has 0 aromatic heterocycles. The lowest BCUT2D eigenvalue weighted by molar-refractivity contribution is -0.120. The molecule has 1 atom stereocenters. The molecule has 3 heteroatoms. The monoisotopic (exact) mass is 220 g/mol. The third-order valence-corrected chi connectivity index (χ3v) is 2.73. The minimum atomic E-state index is -0.808. The highest BCUT2D eigenvalue weighted by atomic mass is 16.2. The summed E-state index contributed by atoms with van der Waals surface area (Å²) >= 11 is 0. The van der Waals surface area contributed by atoms with Gasteiger partial charge in [0, 0.05) is 5.69 Å². The van der Waals surface area contributed by atoms with Crippen molar-refractivity contribution >= 4 is 11.6 Å². The molecule has 1 aromatic rings. The first-order valence-corrected chi connectivity index (χ1v) is 5.54. The van der Waals surface area contributed by atoms with Crippen LogP contribution in [0.1, 0.15) is 31.4 Å². The van der Waals surface area contributed by atoms with Gasteiger partial charge >= 0.3 is 0 Å². The Hall–Kier alpha value is -1.35. The van der Waals surface area contributed by atoms with Gasteiger partial charge in [-0.2, -0.15) is 0 Å². The van der Waals surface area contributed by atoms with Crippen molar-refractivity contribution in [1.29, 1.82) is 0 Å². The topological polar surface area (TPSA) is 55.1 Å². The van der Waals surface area contributed by atoms with Crippen molar-refractivity contribution in [2.45, 2.75) is 39.7 Å². The van der Waals surface area contributed by atoms with Gasteiger partial charge in [-0.1, -0.05) is 13.0 Å². The highest BCUT2D eigenvalue weighted by molar-refractivity contribution is 5.97. The van der Waals surface area contributed by atoms with Gasteiger partial charge in [0.05, 0.1) is 5.54 Å². The van der Waals surface area contributed by atoms with Crippen LogP contribution in [0.5, 0.6) is 0 Å². The molecule has 1 rings (SSSR count). The first-order chi connectivity index (χ1) is 7.35. The molecule has 88 valence electrons. The summed E-state index contributed by atoms with van der Waals surface area (Å²) < 4.78 is 0. The molecule has 0 saturated heterocycles. The van der Waals surface area contributed by atoms with Crippen molar-refractivity contribution in [3.05, 3.63) is 29.3 Å². The zero-order valence-electron chi connectivity index (χ0n) is 10.4. The van der Waals surface area contributed by atoms with E-state index >= 15 is 0 Å². The maximum atomic E-state index is 11.9. The van der Waals surface area contributed by atoms with Gasteiger partial charge in [-0.3, -0.25) is 4.79 Å². The minimum Gasteiger partial charge on any atom is -0.324 e. The van der Waals surface area contributed by atoms with Gasteiger partial charge in [0.1, 0.15) is 0 Å². The molecule has 1 unspecified atom stereocenters. The van der Waals surface area contributed by atoms with E-state index in [1.54, 1.807) is 6.92 Å². The predicted molar refractivity (Wildman–Crippen MR) is 67.4 cm³/mol. The molecule has 16 heavy (non-hydrogen) atoms. The van der Waals surface area contributed by atoms with E-state index in [1.165, 1.54) is 0 Å². The Kier molecular flexibility index (Phi) is 3.70. The van der Waals surface area contributed by atoms with Crippen molar-refractivity contribution in [3.8, 4) is 0 Å². The molecule has 0 bridgehead atoms. The molecular formula is C13H20N2O. The van der Waals surface area contributed by atoms with E-state index in [0.29, 0.717) is 6.42 Å². The Morgan fingerprint density at radius 3 is 2.25 bits per heavy atom. The molecule has 0 spiro atoms. The standard InChI is InChI=1S/C13H20N2O/c1-5-13(4,14)12(16)15-11-7-9(2)6-10(3)8-11/h6-8H,5,14H2,1-4H3,(H,15,16). The zero-order chi connectivity index (χ0) is 12.3. The van der Waals surface area contributed by atoms with Crippen molar-refractivity contribution in [3.63, 3.8) is 0 Å². The minimum absolute atomic E-state index is 0.139. The Balaban J connectivity index is 2.85. The van der Waals surface area contributed by atoms with Gasteiger partial charge in [0.2, 0.25) is 5.91 Å². The van der Waals surface area contributed by atoms with E-state index in [4.69, 9.17) is 5.73 Å². The molecule has 0 aliphatic carbocycles. The first kappa shape index (κ1) is 12.7. The van der Waals surface area contributed by atoms with E-state index in [1.807, 2.05) is 32.9 Å². The van der Waals surface area contributed by atoms with Gasteiger partial charge in [-0.25, -0.2) is 0 Å². The van der Waals surface area contributed by atoms with E-state index in [9.17, 15) is 4.79 Å². The fourth-order valence-electron chi connectivity index (χ4n) is 1.48. The summed E-state index contributed by atoms with van der Waals surface area (Å²) in [7, 11) is 0. The van der Waals surface area contributed by atoms with Crippen LogP contribution in [0, 0.1) is 13.8 Å². The molecule has 1 amide bonds. The second-order valence-electron chi connectivity index (χ2n) is 4.60. The van der Waals surface area contributed by atoms with Crippen LogP contribution in [0.4, 0.5) is 5.69 Å². The predicted octanol–water partition coefficient (Wildman–Crippen LogP) is 2.37. The number of anilines is 1. The average molecular weight is 220 g/mol. The van der Waals surface area contributed by atoms with E-state index in [0.717, 1.165) is 16.8 Å². The fraction of sp³-hybridized carbons (Fsp3) is 0.462. The van der Waals surface area contributed by atoms with Crippen molar-refractivity contribution in [1.82, 2.24) is 0 Å². The fourth-order valence-corrected chi connectivity index (χ4v) is 1.48. The van der Waals surface area contributed by atoms with E-state index < -0.39 is 5.54 Å². The zero-order valence-corrected chi connectivity index (χ0v) is 10.4. The normalized spacial score (nSPS) is 14.3. The van der Waals surface area contributed by atoms with Crippen LogP contribution in [0.25, 0.3) is 0 Å². The van der Waals surface area contributed by atoms with E-state index in [2.05, 4.69) is 11.4 Å². The molecule has 0 radical (unpaired) electrons. The van der Waals surface area contributed by atoms with Crippen LogP contribution in [0.2, 0.25) is 0 Å². The average Bonchev–Trinajstić information content (AvgIpc) is 2.15. The Bertz CT molecular complexity index is 377. The van der Waals surface area contributed by atoms with Crippen LogP contribution in [-0.4, -0.2) is 11.4 Å². The third-order valence-electron chi connectivity index (χ3n) is 2.73. The van der Waals surface area contributed by atoms with Crippen molar-refractivity contribution in [2.24, 2.45) is 5.73 Å². The van der Waals surface area contributed by atoms with Crippen molar-refractivity contribution < 1.29 is 4.79 Å². The summed E-state index contributed by atoms with van der Waals surface area (Å²) in [6, 6.07) is 5.95. The van der Waals surface area contributed by atoms with Crippen LogP contribution in [0.15, 0.2) is 18.2 Å². The van der Waals surface area contributed by atoms with Gasteiger partial charge in [0.15, 0.2) is 0 Å². The number of carbonyl (C=O) groups is 1. The number of benzene rings is 1. The smallest absolute Gasteiger partial charge is 0.244 e. The number of nitrogens with one attached hydrogen (secondary N) is 1. The summed E-state index contributed by atoms with van der Waals surface area (Å²) in [4.78, 5) is 11.9. The molecule has 0 saturated carbocycles. The van der Waals surface area contributed by atoms with Crippen LogP contribution in [0.3, 0.4) is 0 Å². The maximum Gasteiger partial charge on any atom is 0.244 e. The maximum absolute atomic E-state index is 11.9. The largest absolute Gasteiger partial charge is 0.324 e. The number of carbonyl (C=O) groups excluding carboxylic acids is 1. The number of nitrogens with two attached hydrogens (primary N) is 1. The number of hydrogen-bond acceptors (Lipinski definition) is 2. The molecule has 0 aliphatic heterocycles. The molecule has 0 heterocycles. The highest BCUT2D eigenvalue weighted by Crippen LogP contribution is 2.16. The first-order valence-electron chi connectivity index (χ1n) is 5.54. The lowest BCUT2D eigenvalue weighted by Crippen LogP contribution is -2.47. The molecule has 3 N–H and O–H groups in total. The molecule has 0 fully saturated rings. The van der Waals surface area contributed by atoms with Gasteiger partial charge in [-0.15, -0.1) is 0 Å². The van der Waals surface area contributed by atoms with Crippen LogP contribution >= 0.6 is 0 Å². The third kappa shape index (κ3) is 3.07. The number of hydrogen-bond donors (Lipinski definition) is 2. The number of amides is 1. The highest BCUT2D eigenvalue weighted by Gasteiger charge is 2.25. The Morgan fingerprint density at radius 2 is 1.81 bits per heavy atom. The quantitative estimate of drug-likeness (QED) is 0.821. The molecule has 0 aliphatic rings. The SMILES string of the molecule is CCC(C)(N)C(=O)Nc1cc(C)cc(C)c1. The summed E-state index contributed by atoms with van der Waals surface area (Å²) in [5, 5.41) is 2.85. The second-order valence-corrected chi connectivity index (χ2v) is 4.60. The Labute approximate surface area is 97.0 Å². The lowest BCUT2D eigenvalue weighted by atomic mass is 9.99. The van der Waals surface area contributed by atoms with E-state index in [-0.39, 0.29) is 5.91 Å². The van der Waals surface area contributed by atoms with Gasteiger partial charge in [0.25, 0.3) is 0 Å². The number of rotatable bonds is 3. The van der Waals surface area contributed by atoms with Crippen LogP contribution in [-0.2, 0) is 4.79 Å². The lowest BCUT2D eigenvalue weighted by Gasteiger charge is -2.21. The number of aryl methyl sites for hydroxylation is 2. The summed E-state index contributed by atoms with van der Waals surface area (Å²) in [6.45, 7) is 7.65. The second kappa shape index (κ2) is 4.66. The molecule has 1 aromatic carbocycles. The molecule has 3 nitrogen and oxygen atoms in total. The van der Waals surface area contributed by atoms with Gasteiger partial charge in [-0.05, 0) is 50.5 Å². The molecular weight excluding hydrogens is 200 g/mol. The summed E-state index contributed by atoms with van der Waals surface area (Å²) in [5.41, 5.74) is 8.14. The summed E-state index contributed by atoms with van der Waals surface area (Å²) in [6.07, 6.45) is 0.615. The Morgan fingerprint density at radius 1 is 1.31 bits per heavy atom. The van der Waals surface area contributed by atoms with Crippen molar-refractivity contribution in [2.75, 3.05) is 5.32 Å². The van der Waals surface area contributed by atoms with Gasteiger partial charge < -0.3 is 11.1 Å². The summed E-state index contributed by atoms with van der Waals surface area (Å²) in [5.74, 6) is -0.139.